The molecule has 22 heavy (non-hydrogen) atoms. The van der Waals surface area contributed by atoms with Crippen LogP contribution in [0.2, 0.25) is 0 Å². The van der Waals surface area contributed by atoms with Crippen molar-refractivity contribution in [3.05, 3.63) is 64.7 Å². The Balaban J connectivity index is 2.26. The first kappa shape index (κ1) is 15.8. The van der Waals surface area contributed by atoms with Crippen molar-refractivity contribution in [3.8, 4) is 5.75 Å². The van der Waals surface area contributed by atoms with Crippen molar-refractivity contribution in [3.63, 3.8) is 0 Å². The van der Waals surface area contributed by atoms with Crippen LogP contribution in [0.4, 0.5) is 8.78 Å². The van der Waals surface area contributed by atoms with Gasteiger partial charge in [0.05, 0.1) is 0 Å². The Morgan fingerprint density at radius 1 is 0.955 bits per heavy atom. The Hall–Kier alpha value is -2.56. The summed E-state index contributed by atoms with van der Waals surface area (Å²) in [6.07, 6.45) is 0. The smallest absolute Gasteiger partial charge is 0.387 e. The molecule has 0 saturated heterocycles. The quantitative estimate of drug-likeness (QED) is 0.620. The molecule has 0 unspecified atom stereocenters. The summed E-state index contributed by atoms with van der Waals surface area (Å²) < 4.78 is 28.7. The molecule has 0 saturated carbocycles. The second kappa shape index (κ2) is 6.47. The molecule has 2 rings (SSSR count). The maximum atomic E-state index is 12.2. The first-order chi connectivity index (χ1) is 10.4. The van der Waals surface area contributed by atoms with Gasteiger partial charge in [0.15, 0.2) is 0 Å². The molecule has 0 aliphatic rings. The van der Waals surface area contributed by atoms with Crippen LogP contribution in [0.5, 0.6) is 5.75 Å². The Kier molecular flexibility index (Phi) is 4.65. The van der Waals surface area contributed by atoms with Gasteiger partial charge in [0, 0.05) is 11.1 Å². The van der Waals surface area contributed by atoms with Gasteiger partial charge in [0.2, 0.25) is 11.6 Å². The maximum Gasteiger partial charge on any atom is 0.387 e. The standard InChI is InChI=1S/C17H14F2O3/c1-10-4-3-5-12(8-10)15(20)16(21)13-6-7-14(11(2)9-13)22-17(18)19/h3-9,17H,1-2H3. The summed E-state index contributed by atoms with van der Waals surface area (Å²) in [5.41, 5.74) is 1.68. The molecule has 0 fully saturated rings. The normalized spacial score (nSPS) is 10.6. The lowest BCUT2D eigenvalue weighted by atomic mass is 9.99. The highest BCUT2D eigenvalue weighted by atomic mass is 19.3. The zero-order chi connectivity index (χ0) is 16.3. The number of halogens is 2. The fraction of sp³-hybridized carbons (Fsp3) is 0.176. The average Bonchev–Trinajstić information content (AvgIpc) is 2.47. The van der Waals surface area contributed by atoms with E-state index in [2.05, 4.69) is 4.74 Å². The van der Waals surface area contributed by atoms with E-state index < -0.39 is 18.2 Å². The summed E-state index contributed by atoms with van der Waals surface area (Å²) in [4.78, 5) is 24.4. The number of carbonyl (C=O) groups is 2. The van der Waals surface area contributed by atoms with Crippen LogP contribution in [0.3, 0.4) is 0 Å². The van der Waals surface area contributed by atoms with Crippen molar-refractivity contribution in [1.29, 1.82) is 0 Å². The summed E-state index contributed by atoms with van der Waals surface area (Å²) >= 11 is 0. The Labute approximate surface area is 126 Å². The van der Waals surface area contributed by atoms with Gasteiger partial charge in [-0.3, -0.25) is 9.59 Å². The molecular formula is C17H14F2O3. The number of rotatable bonds is 5. The van der Waals surface area contributed by atoms with Crippen molar-refractivity contribution >= 4 is 11.6 Å². The van der Waals surface area contributed by atoms with Crippen LogP contribution >= 0.6 is 0 Å². The Morgan fingerprint density at radius 3 is 2.14 bits per heavy atom. The molecule has 0 radical (unpaired) electrons. The third kappa shape index (κ3) is 3.55. The van der Waals surface area contributed by atoms with E-state index in [0.717, 1.165) is 5.56 Å². The minimum absolute atomic E-state index is 0.0189. The molecule has 0 atom stereocenters. The highest BCUT2D eigenvalue weighted by Crippen LogP contribution is 2.22. The number of Topliss-reactive ketones (excluding diaryl/α,β-unsaturated/α-hetero) is 2. The molecule has 3 nitrogen and oxygen atoms in total. The van der Waals surface area contributed by atoms with Crippen LogP contribution < -0.4 is 4.74 Å². The van der Waals surface area contributed by atoms with Crippen molar-refractivity contribution < 1.29 is 23.1 Å². The van der Waals surface area contributed by atoms with Gasteiger partial charge in [0.1, 0.15) is 5.75 Å². The molecule has 0 bridgehead atoms. The summed E-state index contributed by atoms with van der Waals surface area (Å²) in [5.74, 6) is -1.34. The Bertz CT molecular complexity index is 724. The minimum atomic E-state index is -2.94. The average molecular weight is 304 g/mol. The number of hydrogen-bond acceptors (Lipinski definition) is 3. The van der Waals surface area contributed by atoms with Crippen LogP contribution in [0, 0.1) is 13.8 Å². The first-order valence-corrected chi connectivity index (χ1v) is 6.59. The summed E-state index contributed by atoms with van der Waals surface area (Å²) in [6, 6.07) is 10.6. The summed E-state index contributed by atoms with van der Waals surface area (Å²) in [6.45, 7) is 0.419. The minimum Gasteiger partial charge on any atom is -0.435 e. The zero-order valence-corrected chi connectivity index (χ0v) is 12.1. The monoisotopic (exact) mass is 304 g/mol. The summed E-state index contributed by atoms with van der Waals surface area (Å²) in [5, 5.41) is 0. The zero-order valence-electron chi connectivity index (χ0n) is 12.1. The predicted octanol–water partition coefficient (Wildman–Crippen LogP) is 3.97. The van der Waals surface area contributed by atoms with E-state index in [-0.39, 0.29) is 11.3 Å². The van der Waals surface area contributed by atoms with Gasteiger partial charge in [-0.1, -0.05) is 23.8 Å². The lowest BCUT2D eigenvalue weighted by molar-refractivity contribution is -0.0502. The van der Waals surface area contributed by atoms with Gasteiger partial charge in [-0.05, 0) is 43.7 Å². The van der Waals surface area contributed by atoms with Crippen molar-refractivity contribution in [2.75, 3.05) is 0 Å². The van der Waals surface area contributed by atoms with Crippen LogP contribution in [0.25, 0.3) is 0 Å². The lowest BCUT2D eigenvalue weighted by Gasteiger charge is -2.09. The van der Waals surface area contributed by atoms with Gasteiger partial charge in [-0.15, -0.1) is 0 Å². The number of ketones is 2. The van der Waals surface area contributed by atoms with E-state index in [1.165, 1.54) is 25.1 Å². The number of aryl methyl sites for hydroxylation is 2. The van der Waals surface area contributed by atoms with Gasteiger partial charge in [-0.2, -0.15) is 8.78 Å². The van der Waals surface area contributed by atoms with Crippen molar-refractivity contribution in [2.24, 2.45) is 0 Å². The molecule has 0 amide bonds. The van der Waals surface area contributed by atoms with Gasteiger partial charge < -0.3 is 4.74 Å². The molecule has 0 aliphatic carbocycles. The van der Waals surface area contributed by atoms with Crippen LogP contribution in [0.1, 0.15) is 31.8 Å². The molecule has 2 aromatic rings. The van der Waals surface area contributed by atoms with Crippen LogP contribution in [-0.2, 0) is 0 Å². The molecule has 0 N–H and O–H groups in total. The van der Waals surface area contributed by atoms with Crippen molar-refractivity contribution in [2.45, 2.75) is 20.5 Å². The molecular weight excluding hydrogens is 290 g/mol. The van der Waals surface area contributed by atoms with E-state index in [1.807, 2.05) is 13.0 Å². The van der Waals surface area contributed by atoms with E-state index in [1.54, 1.807) is 18.2 Å². The number of alkyl halides is 2. The van der Waals surface area contributed by atoms with Crippen molar-refractivity contribution in [1.82, 2.24) is 0 Å². The maximum absolute atomic E-state index is 12.2. The third-order valence-electron chi connectivity index (χ3n) is 3.14. The van der Waals surface area contributed by atoms with Gasteiger partial charge >= 0.3 is 6.61 Å². The molecule has 114 valence electrons. The molecule has 2 aromatic carbocycles. The van der Waals surface area contributed by atoms with Crippen LogP contribution in [0.15, 0.2) is 42.5 Å². The first-order valence-electron chi connectivity index (χ1n) is 6.59. The van der Waals surface area contributed by atoms with E-state index >= 15 is 0 Å². The van der Waals surface area contributed by atoms with Crippen LogP contribution in [-0.4, -0.2) is 18.2 Å². The predicted molar refractivity (Wildman–Crippen MR) is 77.7 cm³/mol. The van der Waals surface area contributed by atoms with E-state index in [9.17, 15) is 18.4 Å². The molecule has 0 spiro atoms. The summed E-state index contributed by atoms with van der Waals surface area (Å²) in [7, 11) is 0. The number of benzene rings is 2. The third-order valence-corrected chi connectivity index (χ3v) is 3.14. The van der Waals surface area contributed by atoms with Gasteiger partial charge in [0.25, 0.3) is 0 Å². The second-order valence-corrected chi connectivity index (χ2v) is 4.89. The topological polar surface area (TPSA) is 43.4 Å². The molecule has 5 heteroatoms. The van der Waals surface area contributed by atoms with E-state index in [0.29, 0.717) is 11.1 Å². The largest absolute Gasteiger partial charge is 0.435 e. The number of ether oxygens (including phenoxy) is 1. The Morgan fingerprint density at radius 2 is 1.59 bits per heavy atom. The highest BCUT2D eigenvalue weighted by molar-refractivity contribution is 6.49. The van der Waals surface area contributed by atoms with Gasteiger partial charge in [-0.25, -0.2) is 0 Å². The fourth-order valence-electron chi connectivity index (χ4n) is 2.07. The highest BCUT2D eigenvalue weighted by Gasteiger charge is 2.19. The second-order valence-electron chi connectivity index (χ2n) is 4.89. The molecule has 0 heterocycles. The lowest BCUT2D eigenvalue weighted by Crippen LogP contribution is -2.15. The van der Waals surface area contributed by atoms with E-state index in [4.69, 9.17) is 0 Å². The molecule has 0 aromatic heterocycles. The number of hydrogen-bond donors (Lipinski definition) is 0. The SMILES string of the molecule is Cc1cccc(C(=O)C(=O)c2ccc(OC(F)F)c(C)c2)c1. The molecule has 0 aliphatic heterocycles. The fourth-order valence-corrected chi connectivity index (χ4v) is 2.07. The number of carbonyl (C=O) groups excluding carboxylic acids is 2.